The molecule has 1 unspecified atom stereocenters. The molecule has 34 heavy (non-hydrogen) atoms. The molecule has 0 spiro atoms. The van der Waals surface area contributed by atoms with E-state index < -0.39 is 0 Å². The third-order valence-corrected chi connectivity index (χ3v) is 5.56. The second kappa shape index (κ2) is 8.81. The van der Waals surface area contributed by atoms with Gasteiger partial charge in [-0.2, -0.15) is 5.10 Å². The highest BCUT2D eigenvalue weighted by molar-refractivity contribution is 5.77. The molecule has 0 fully saturated rings. The smallest absolute Gasteiger partial charge is 0.180 e. The standard InChI is InChI=1S/C24H24N8O2/c1-15(23-25-7-8-26-23)32(17-9-18(33-3)11-19(10-17)34-4)22-6-5-20-24(30-22)29-21(13-27-20)16-12-28-31(2)14-16/h5-15H,1-4H3,(H,25,26). The van der Waals surface area contributed by atoms with Crippen molar-refractivity contribution in [3.05, 3.63) is 67.1 Å². The van der Waals surface area contributed by atoms with Gasteiger partial charge < -0.3 is 19.4 Å². The van der Waals surface area contributed by atoms with Gasteiger partial charge in [-0.1, -0.05) is 0 Å². The zero-order chi connectivity index (χ0) is 23.7. The van der Waals surface area contributed by atoms with Crippen LogP contribution in [0.25, 0.3) is 22.4 Å². The maximum atomic E-state index is 5.51. The zero-order valence-electron chi connectivity index (χ0n) is 19.3. The molecule has 0 saturated carbocycles. The summed E-state index contributed by atoms with van der Waals surface area (Å²) in [5, 5.41) is 4.23. The molecule has 4 heterocycles. The lowest BCUT2D eigenvalue weighted by atomic mass is 10.2. The van der Waals surface area contributed by atoms with Crippen molar-refractivity contribution in [3.63, 3.8) is 0 Å². The molecule has 4 aromatic heterocycles. The average molecular weight is 457 g/mol. The summed E-state index contributed by atoms with van der Waals surface area (Å²) in [5.74, 6) is 2.82. The van der Waals surface area contributed by atoms with Gasteiger partial charge in [0.15, 0.2) is 5.65 Å². The minimum atomic E-state index is -0.175. The summed E-state index contributed by atoms with van der Waals surface area (Å²) in [6.45, 7) is 2.05. The second-order valence-electron chi connectivity index (χ2n) is 7.76. The van der Waals surface area contributed by atoms with Crippen molar-refractivity contribution in [1.82, 2.24) is 34.7 Å². The lowest BCUT2D eigenvalue weighted by Gasteiger charge is -2.30. The van der Waals surface area contributed by atoms with Crippen molar-refractivity contribution >= 4 is 22.7 Å². The fourth-order valence-electron chi connectivity index (χ4n) is 3.83. The summed E-state index contributed by atoms with van der Waals surface area (Å²) < 4.78 is 12.8. The first-order chi connectivity index (χ1) is 16.6. The Morgan fingerprint density at radius 1 is 1.00 bits per heavy atom. The van der Waals surface area contributed by atoms with Crippen LogP contribution in [0.15, 0.2) is 61.3 Å². The van der Waals surface area contributed by atoms with Crippen LogP contribution >= 0.6 is 0 Å². The van der Waals surface area contributed by atoms with Crippen LogP contribution in [0.5, 0.6) is 11.5 Å². The molecule has 10 nitrogen and oxygen atoms in total. The molecule has 0 saturated heterocycles. The normalized spacial score (nSPS) is 12.0. The molecule has 172 valence electrons. The van der Waals surface area contributed by atoms with Crippen molar-refractivity contribution in [2.24, 2.45) is 7.05 Å². The lowest BCUT2D eigenvalue weighted by Crippen LogP contribution is -2.23. The first-order valence-corrected chi connectivity index (χ1v) is 10.7. The molecule has 0 amide bonds. The van der Waals surface area contributed by atoms with E-state index in [4.69, 9.17) is 19.4 Å². The molecular formula is C24H24N8O2. The number of hydrogen-bond donors (Lipinski definition) is 1. The summed E-state index contributed by atoms with van der Waals surface area (Å²) in [4.78, 5) is 23.9. The number of pyridine rings is 1. The summed E-state index contributed by atoms with van der Waals surface area (Å²) in [7, 11) is 5.12. The minimum Gasteiger partial charge on any atom is -0.497 e. The Morgan fingerprint density at radius 2 is 1.79 bits per heavy atom. The van der Waals surface area contributed by atoms with Gasteiger partial charge in [0.05, 0.1) is 44.0 Å². The summed E-state index contributed by atoms with van der Waals surface area (Å²) in [6.07, 6.45) is 8.92. The molecule has 5 rings (SSSR count). The third-order valence-electron chi connectivity index (χ3n) is 5.56. The maximum absolute atomic E-state index is 5.51. The molecule has 0 aliphatic carbocycles. The fourth-order valence-corrected chi connectivity index (χ4v) is 3.83. The molecule has 0 aliphatic rings. The largest absolute Gasteiger partial charge is 0.497 e. The quantitative estimate of drug-likeness (QED) is 0.391. The molecule has 1 atom stereocenters. The molecule has 0 aliphatic heterocycles. The van der Waals surface area contributed by atoms with E-state index in [9.17, 15) is 0 Å². The highest BCUT2D eigenvalue weighted by Gasteiger charge is 2.23. The second-order valence-corrected chi connectivity index (χ2v) is 7.76. The van der Waals surface area contributed by atoms with E-state index in [0.29, 0.717) is 34.2 Å². The molecule has 0 radical (unpaired) electrons. The first-order valence-electron chi connectivity index (χ1n) is 10.7. The SMILES string of the molecule is COc1cc(OC)cc(N(c2ccc3ncc(-c4cnn(C)c4)nc3n2)C(C)c2ncc[nH]2)c1. The average Bonchev–Trinajstić information content (AvgIpc) is 3.55. The Balaban J connectivity index is 1.65. The van der Waals surface area contributed by atoms with E-state index in [0.717, 1.165) is 17.1 Å². The van der Waals surface area contributed by atoms with Crippen molar-refractivity contribution < 1.29 is 9.47 Å². The van der Waals surface area contributed by atoms with Crippen molar-refractivity contribution in [2.75, 3.05) is 19.1 Å². The van der Waals surface area contributed by atoms with Crippen molar-refractivity contribution in [2.45, 2.75) is 13.0 Å². The Bertz CT molecular complexity index is 1410. The molecule has 10 heteroatoms. The topological polar surface area (TPSA) is 107 Å². The predicted molar refractivity (Wildman–Crippen MR) is 128 cm³/mol. The Labute approximate surface area is 196 Å². The number of aromatic amines is 1. The Kier molecular flexibility index (Phi) is 5.54. The number of aromatic nitrogens is 7. The van der Waals surface area contributed by atoms with E-state index in [2.05, 4.69) is 31.9 Å². The summed E-state index contributed by atoms with van der Waals surface area (Å²) in [5.41, 5.74) is 3.65. The number of rotatable bonds is 7. The van der Waals surface area contributed by atoms with E-state index >= 15 is 0 Å². The number of anilines is 2. The molecule has 0 bridgehead atoms. The number of imidazole rings is 1. The van der Waals surface area contributed by atoms with Gasteiger partial charge in [-0.15, -0.1) is 0 Å². The number of methoxy groups -OCH3 is 2. The number of nitrogens with zero attached hydrogens (tertiary/aromatic N) is 7. The van der Waals surface area contributed by atoms with Crippen LogP contribution in [0.1, 0.15) is 18.8 Å². The maximum Gasteiger partial charge on any atom is 0.180 e. The molecular weight excluding hydrogens is 432 g/mol. The van der Waals surface area contributed by atoms with Crippen LogP contribution in [-0.4, -0.2) is 48.9 Å². The van der Waals surface area contributed by atoms with Crippen molar-refractivity contribution in [1.29, 1.82) is 0 Å². The first kappa shape index (κ1) is 21.4. The number of aryl methyl sites for hydroxylation is 1. The third kappa shape index (κ3) is 4.01. The van der Waals surface area contributed by atoms with Crippen LogP contribution in [0.3, 0.4) is 0 Å². The van der Waals surface area contributed by atoms with E-state index in [1.807, 2.05) is 43.6 Å². The number of fused-ring (bicyclic) bond motifs is 1. The van der Waals surface area contributed by atoms with E-state index in [1.165, 1.54) is 0 Å². The minimum absolute atomic E-state index is 0.175. The Morgan fingerprint density at radius 3 is 2.44 bits per heavy atom. The van der Waals surface area contributed by atoms with Crippen LogP contribution < -0.4 is 14.4 Å². The highest BCUT2D eigenvalue weighted by Crippen LogP contribution is 2.37. The van der Waals surface area contributed by atoms with Gasteiger partial charge >= 0.3 is 0 Å². The van der Waals surface area contributed by atoms with Gasteiger partial charge in [0.1, 0.15) is 28.7 Å². The number of nitrogens with one attached hydrogen (secondary N) is 1. The monoisotopic (exact) mass is 456 g/mol. The van der Waals surface area contributed by atoms with Gasteiger partial charge in [0.25, 0.3) is 0 Å². The van der Waals surface area contributed by atoms with Gasteiger partial charge in [0, 0.05) is 49.4 Å². The van der Waals surface area contributed by atoms with Gasteiger partial charge in [-0.3, -0.25) is 9.67 Å². The number of benzene rings is 1. The number of hydrogen-bond acceptors (Lipinski definition) is 8. The van der Waals surface area contributed by atoms with Crippen LogP contribution in [0, 0.1) is 0 Å². The number of H-pyrrole nitrogens is 1. The molecule has 1 N–H and O–H groups in total. The zero-order valence-corrected chi connectivity index (χ0v) is 19.3. The van der Waals surface area contributed by atoms with Gasteiger partial charge in [-0.05, 0) is 19.1 Å². The summed E-state index contributed by atoms with van der Waals surface area (Å²) in [6, 6.07) is 9.37. The number of ether oxygens (including phenoxy) is 2. The predicted octanol–water partition coefficient (Wildman–Crippen LogP) is 4.06. The van der Waals surface area contributed by atoms with Crippen molar-refractivity contribution in [3.8, 4) is 22.8 Å². The fraction of sp³-hybridized carbons (Fsp3) is 0.208. The van der Waals surface area contributed by atoms with Crippen LogP contribution in [-0.2, 0) is 7.05 Å². The van der Waals surface area contributed by atoms with Crippen LogP contribution in [0.4, 0.5) is 11.5 Å². The Hall–Kier alpha value is -4.47. The molecule has 5 aromatic rings. The van der Waals surface area contributed by atoms with Gasteiger partial charge in [0.2, 0.25) is 0 Å². The van der Waals surface area contributed by atoms with E-state index in [-0.39, 0.29) is 6.04 Å². The lowest BCUT2D eigenvalue weighted by molar-refractivity contribution is 0.394. The van der Waals surface area contributed by atoms with Crippen LogP contribution in [0.2, 0.25) is 0 Å². The molecule has 1 aromatic carbocycles. The summed E-state index contributed by atoms with van der Waals surface area (Å²) >= 11 is 0. The highest BCUT2D eigenvalue weighted by atomic mass is 16.5. The van der Waals surface area contributed by atoms with E-state index in [1.54, 1.807) is 43.7 Å². The van der Waals surface area contributed by atoms with Gasteiger partial charge in [-0.25, -0.2) is 15.0 Å².